The summed E-state index contributed by atoms with van der Waals surface area (Å²) in [5.74, 6) is -0.579. The van der Waals surface area contributed by atoms with Crippen LogP contribution in [-0.2, 0) is 9.97 Å². The van der Waals surface area contributed by atoms with Gasteiger partial charge in [0, 0.05) is 12.1 Å². The molecular weight excluding hydrogens is 488 g/mol. The number of alkyl halides is 6. The summed E-state index contributed by atoms with van der Waals surface area (Å²) in [7, 11) is 0. The predicted octanol–water partition coefficient (Wildman–Crippen LogP) is 6.79. The summed E-state index contributed by atoms with van der Waals surface area (Å²) in [6.45, 7) is 3.41. The number of hydrogen-bond acceptors (Lipinski definition) is 3. The zero-order valence-corrected chi connectivity index (χ0v) is 17.8. The molecule has 1 heterocycles. The van der Waals surface area contributed by atoms with Gasteiger partial charge in [-0.25, -0.2) is 4.79 Å². The topological polar surface area (TPSA) is 56.2 Å². The van der Waals surface area contributed by atoms with E-state index in [0.717, 1.165) is 10.7 Å². The summed E-state index contributed by atoms with van der Waals surface area (Å²) in [6, 6.07) is 1.44. The molecule has 0 unspecified atom stereocenters. The van der Waals surface area contributed by atoms with Crippen LogP contribution in [0.15, 0.2) is 18.2 Å². The molecule has 0 saturated carbocycles. The number of rotatable bonds is 3. The van der Waals surface area contributed by atoms with Gasteiger partial charge in [-0.3, -0.25) is 0 Å². The fourth-order valence-electron chi connectivity index (χ4n) is 2.00. The van der Waals surface area contributed by atoms with Crippen LogP contribution in [0.5, 0.6) is 11.6 Å². The molecule has 1 amide bonds. The molecule has 0 saturated heterocycles. The molecule has 1 N–H and O–H groups in total. The van der Waals surface area contributed by atoms with Crippen molar-refractivity contribution in [1.82, 2.24) is 15.1 Å². The summed E-state index contributed by atoms with van der Waals surface area (Å²) >= 11 is 29.3. The summed E-state index contributed by atoms with van der Waals surface area (Å²) in [4.78, 5) is 12.3. The van der Waals surface area contributed by atoms with Crippen molar-refractivity contribution in [1.29, 1.82) is 0 Å². The van der Waals surface area contributed by atoms with Crippen molar-refractivity contribution in [3.05, 3.63) is 39.5 Å². The first-order valence-electron chi connectivity index (χ1n) is 7.42. The van der Waals surface area contributed by atoms with Crippen molar-refractivity contribution >= 4 is 64.0 Å². The van der Waals surface area contributed by atoms with E-state index in [2.05, 4.69) is 10.4 Å². The zero-order chi connectivity index (χ0) is 21.4. The van der Waals surface area contributed by atoms with Crippen molar-refractivity contribution in [2.45, 2.75) is 29.9 Å². The van der Waals surface area contributed by atoms with Crippen LogP contribution in [0.2, 0.25) is 10.0 Å². The van der Waals surface area contributed by atoms with E-state index in [1.807, 2.05) is 0 Å². The first kappa shape index (κ1) is 23.2. The predicted molar refractivity (Wildman–Crippen MR) is 102 cm³/mol. The number of ether oxygens (including phenoxy) is 1. The lowest BCUT2D eigenvalue weighted by atomic mass is 10.2. The Morgan fingerprint density at radius 2 is 1.68 bits per heavy atom. The van der Waals surface area contributed by atoms with Crippen LogP contribution in [-0.4, -0.2) is 21.9 Å². The van der Waals surface area contributed by atoms with Gasteiger partial charge in [0.05, 0.1) is 15.6 Å². The van der Waals surface area contributed by atoms with E-state index in [-0.39, 0.29) is 23.4 Å². The summed E-state index contributed by atoms with van der Waals surface area (Å²) in [5.41, 5.74) is -1.22. The quantitative estimate of drug-likeness (QED) is 0.473. The van der Waals surface area contributed by atoms with Crippen molar-refractivity contribution < 1.29 is 22.7 Å². The highest BCUT2D eigenvalue weighted by Crippen LogP contribution is 2.43. The Morgan fingerprint density at radius 1 is 1.14 bits per heavy atom. The molecule has 2 aromatic rings. The molecule has 0 radical (unpaired) electrons. The molecule has 0 spiro atoms. The van der Waals surface area contributed by atoms with Crippen LogP contribution < -0.4 is 10.1 Å². The second-order valence-electron chi connectivity index (χ2n) is 5.75. The van der Waals surface area contributed by atoms with Crippen LogP contribution in [0.3, 0.4) is 0 Å². The normalized spacial score (nSPS) is 12.4. The molecule has 5 nitrogen and oxygen atoms in total. The lowest BCUT2D eigenvalue weighted by molar-refractivity contribution is -0.137. The van der Waals surface area contributed by atoms with Crippen LogP contribution in [0, 0.1) is 0 Å². The van der Waals surface area contributed by atoms with Crippen molar-refractivity contribution in [2.24, 2.45) is 0 Å². The number of hydrogen-bond donors (Lipinski definition) is 1. The molecule has 13 heteroatoms. The Morgan fingerprint density at radius 3 is 2.11 bits per heavy atom. The number of aromatic nitrogens is 2. The lowest BCUT2D eigenvalue weighted by Gasteiger charge is -2.14. The fraction of sp³-hybridized carbons (Fsp3) is 0.333. The Balaban J connectivity index is 2.45. The van der Waals surface area contributed by atoms with E-state index < -0.39 is 31.6 Å². The third-order valence-electron chi connectivity index (χ3n) is 3.11. The van der Waals surface area contributed by atoms with Crippen LogP contribution in [0.4, 0.5) is 18.0 Å². The molecule has 0 bridgehead atoms. The van der Waals surface area contributed by atoms with E-state index in [9.17, 15) is 18.0 Å². The van der Waals surface area contributed by atoms with Crippen LogP contribution in [0.25, 0.3) is 0 Å². The molecular formula is C15H11Cl5F3N3O2. The van der Waals surface area contributed by atoms with Gasteiger partial charge >= 0.3 is 12.2 Å². The second-order valence-corrected chi connectivity index (χ2v) is 8.85. The van der Waals surface area contributed by atoms with Crippen molar-refractivity contribution in [3.8, 4) is 11.6 Å². The number of nitrogens with one attached hydrogen (secondary N) is 1. The fourth-order valence-corrected chi connectivity index (χ4v) is 2.97. The number of benzene rings is 1. The molecule has 0 aliphatic carbocycles. The van der Waals surface area contributed by atoms with E-state index >= 15 is 0 Å². The Hall–Kier alpha value is -1.06. The molecule has 1 aromatic carbocycles. The molecule has 1 aromatic heterocycles. The minimum absolute atomic E-state index is 0.162. The van der Waals surface area contributed by atoms with Crippen LogP contribution >= 0.6 is 58.0 Å². The van der Waals surface area contributed by atoms with Gasteiger partial charge in [0.2, 0.25) is 9.67 Å². The molecule has 2 rings (SSSR count). The Kier molecular flexibility index (Phi) is 6.93. The Labute approximate surface area is 182 Å². The zero-order valence-electron chi connectivity index (χ0n) is 14.0. The van der Waals surface area contributed by atoms with Gasteiger partial charge in [-0.05, 0) is 26.0 Å². The van der Waals surface area contributed by atoms with Crippen molar-refractivity contribution in [2.75, 3.05) is 0 Å². The van der Waals surface area contributed by atoms with E-state index in [1.54, 1.807) is 13.8 Å². The minimum atomic E-state index is -4.65. The lowest BCUT2D eigenvalue weighted by Crippen LogP contribution is -2.36. The summed E-state index contributed by atoms with van der Waals surface area (Å²) in [5, 5.41) is 5.58. The summed E-state index contributed by atoms with van der Waals surface area (Å²) in [6.07, 6.45) is -4.65. The number of nitrogens with zero attached hydrogens (tertiary/aromatic N) is 2. The number of amides is 1. The number of carbonyl (C=O) groups excluding carboxylic acids is 1. The molecule has 0 fully saturated rings. The number of halogens is 8. The van der Waals surface area contributed by atoms with E-state index in [0.29, 0.717) is 12.1 Å². The molecule has 0 aliphatic heterocycles. The first-order valence-corrected chi connectivity index (χ1v) is 9.31. The van der Waals surface area contributed by atoms with E-state index in [1.165, 1.54) is 0 Å². The highest BCUT2D eigenvalue weighted by Gasteiger charge is 2.34. The minimum Gasteiger partial charge on any atom is -0.434 e. The number of carbonyl (C=O) groups is 1. The van der Waals surface area contributed by atoms with Crippen molar-refractivity contribution in [3.63, 3.8) is 0 Å². The van der Waals surface area contributed by atoms with Gasteiger partial charge in [-0.15, -0.1) is 5.10 Å². The maximum atomic E-state index is 12.8. The molecule has 0 aliphatic rings. The van der Waals surface area contributed by atoms with E-state index in [4.69, 9.17) is 62.7 Å². The molecule has 0 atom stereocenters. The third kappa shape index (κ3) is 5.51. The SMILES string of the molecule is CC(C)NC(=O)n1nc(Oc2c(Cl)cc(C(F)(F)F)cc2Cl)cc1C(Cl)(Cl)Cl. The van der Waals surface area contributed by atoms with Gasteiger partial charge in [0.15, 0.2) is 5.75 Å². The molecule has 154 valence electrons. The van der Waals surface area contributed by atoms with Gasteiger partial charge in [0.25, 0.3) is 0 Å². The third-order valence-corrected chi connectivity index (χ3v) is 4.26. The average molecular weight is 500 g/mol. The molecule has 28 heavy (non-hydrogen) atoms. The van der Waals surface area contributed by atoms with Crippen LogP contribution in [0.1, 0.15) is 25.1 Å². The smallest absolute Gasteiger partial charge is 0.416 e. The van der Waals surface area contributed by atoms with Gasteiger partial charge < -0.3 is 10.1 Å². The first-order chi connectivity index (χ1) is 12.7. The van der Waals surface area contributed by atoms with Gasteiger partial charge in [-0.1, -0.05) is 58.0 Å². The van der Waals surface area contributed by atoms with Gasteiger partial charge in [0.1, 0.15) is 5.69 Å². The highest BCUT2D eigenvalue weighted by molar-refractivity contribution is 6.66. The highest BCUT2D eigenvalue weighted by atomic mass is 35.6. The standard InChI is InChI=1S/C15H11Cl5F3N3O2/c1-6(2)24-13(27)26-10(14(18,19)20)5-11(25-26)28-12-8(16)3-7(4-9(12)17)15(21,22)23/h3-6H,1-2H3,(H,24,27). The maximum absolute atomic E-state index is 12.8. The Bertz CT molecular complexity index is 871. The average Bonchev–Trinajstić information content (AvgIpc) is 2.93. The summed E-state index contributed by atoms with van der Waals surface area (Å²) < 4.78 is 42.5. The largest absolute Gasteiger partial charge is 0.434 e. The monoisotopic (exact) mass is 497 g/mol. The van der Waals surface area contributed by atoms with Gasteiger partial charge in [-0.2, -0.15) is 17.9 Å². The maximum Gasteiger partial charge on any atom is 0.416 e. The second kappa shape index (κ2) is 8.36.